The van der Waals surface area contributed by atoms with E-state index >= 15 is 0 Å². The zero-order valence-corrected chi connectivity index (χ0v) is 14.4. The van der Waals surface area contributed by atoms with E-state index in [1.165, 1.54) is 0 Å². The minimum Gasteiger partial charge on any atom is -0.310 e. The number of hydrogen-bond donors (Lipinski definition) is 1. The third kappa shape index (κ3) is 2.43. The molecule has 2 aromatic rings. The second-order valence-electron chi connectivity index (χ2n) is 6.58. The van der Waals surface area contributed by atoms with Gasteiger partial charge in [-0.2, -0.15) is 10.2 Å². The van der Waals surface area contributed by atoms with Gasteiger partial charge in [-0.3, -0.25) is 9.48 Å². The van der Waals surface area contributed by atoms with Gasteiger partial charge in [-0.05, 0) is 27.7 Å². The lowest BCUT2D eigenvalue weighted by Crippen LogP contribution is -2.27. The maximum absolute atomic E-state index is 12.1. The Bertz CT molecular complexity index is 725. The molecule has 0 saturated carbocycles. The van der Waals surface area contributed by atoms with Crippen LogP contribution in [-0.2, 0) is 17.4 Å². The molecule has 1 aliphatic heterocycles. The molecular weight excluding hydrogens is 298 g/mol. The Balaban J connectivity index is 2.14. The predicted octanol–water partition coefficient (Wildman–Crippen LogP) is 2.45. The second kappa shape index (κ2) is 5.15. The molecule has 0 fully saturated rings. The topological polar surface area (TPSA) is 64.7 Å². The first-order valence-corrected chi connectivity index (χ1v) is 8.32. The van der Waals surface area contributed by atoms with Crippen molar-refractivity contribution in [3.8, 4) is 0 Å². The van der Waals surface area contributed by atoms with Crippen molar-refractivity contribution in [3.05, 3.63) is 29.2 Å². The number of rotatable bonds is 1. The number of aryl methyl sites for hydroxylation is 1. The summed E-state index contributed by atoms with van der Waals surface area (Å²) in [6, 6.07) is 0. The smallest absolute Gasteiger partial charge is 0.235 e. The largest absolute Gasteiger partial charge is 0.310 e. The monoisotopic (exact) mass is 319 g/mol. The summed E-state index contributed by atoms with van der Waals surface area (Å²) in [6.07, 6.45) is 3.76. The zero-order valence-electron chi connectivity index (χ0n) is 13.5. The van der Waals surface area contributed by atoms with Crippen LogP contribution in [0.3, 0.4) is 0 Å². The maximum atomic E-state index is 12.1. The standard InChI is InChI=1S/C15H21N5OS/c1-9-10(6-16-19(9)5)13-11-7-17-20(15(2,3)4)14(11)18-12(21)8-22-13/h6-7,13H,8H2,1-5H3,(H,18,21)/t13-/m0/s1. The van der Waals surface area contributed by atoms with Gasteiger partial charge in [0.25, 0.3) is 0 Å². The molecule has 3 heterocycles. The lowest BCUT2D eigenvalue weighted by molar-refractivity contribution is -0.113. The Morgan fingerprint density at radius 2 is 1.95 bits per heavy atom. The van der Waals surface area contributed by atoms with Crippen LogP contribution in [0, 0.1) is 6.92 Å². The van der Waals surface area contributed by atoms with E-state index in [2.05, 4.69) is 43.2 Å². The average Bonchev–Trinajstić information content (AvgIpc) is 2.93. The molecule has 1 aliphatic rings. The molecule has 0 aromatic carbocycles. The second-order valence-corrected chi connectivity index (χ2v) is 7.67. The van der Waals surface area contributed by atoms with Gasteiger partial charge in [-0.15, -0.1) is 11.8 Å². The Kier molecular flexibility index (Phi) is 3.55. The van der Waals surface area contributed by atoms with Crippen molar-refractivity contribution in [3.63, 3.8) is 0 Å². The van der Waals surface area contributed by atoms with Crippen molar-refractivity contribution < 1.29 is 4.79 Å². The molecule has 1 amide bonds. The summed E-state index contributed by atoms with van der Waals surface area (Å²) in [7, 11) is 1.93. The van der Waals surface area contributed by atoms with Crippen LogP contribution in [0.2, 0.25) is 0 Å². The summed E-state index contributed by atoms with van der Waals surface area (Å²) in [5.74, 6) is 1.25. The van der Waals surface area contributed by atoms with Crippen LogP contribution in [0.1, 0.15) is 42.8 Å². The number of anilines is 1. The van der Waals surface area contributed by atoms with Crippen LogP contribution >= 0.6 is 11.8 Å². The fraction of sp³-hybridized carbons (Fsp3) is 0.533. The number of aromatic nitrogens is 4. The van der Waals surface area contributed by atoms with Crippen LogP contribution in [0.15, 0.2) is 12.4 Å². The molecule has 2 aromatic heterocycles. The third-order valence-electron chi connectivity index (χ3n) is 3.91. The summed E-state index contributed by atoms with van der Waals surface area (Å²) in [4.78, 5) is 12.1. The van der Waals surface area contributed by atoms with Crippen LogP contribution in [0.5, 0.6) is 0 Å². The molecule has 0 saturated heterocycles. The van der Waals surface area contributed by atoms with Gasteiger partial charge in [0.2, 0.25) is 5.91 Å². The lowest BCUT2D eigenvalue weighted by atomic mass is 10.1. The SMILES string of the molecule is Cc1c([C@@H]2SCC(=O)Nc3c2cnn3C(C)(C)C)cnn1C. The number of amides is 1. The predicted molar refractivity (Wildman–Crippen MR) is 88.1 cm³/mol. The van der Waals surface area contributed by atoms with Gasteiger partial charge in [0.1, 0.15) is 5.82 Å². The summed E-state index contributed by atoms with van der Waals surface area (Å²) in [5.41, 5.74) is 3.10. The lowest BCUT2D eigenvalue weighted by Gasteiger charge is -2.23. The van der Waals surface area contributed by atoms with Gasteiger partial charge in [0.05, 0.1) is 28.9 Å². The fourth-order valence-corrected chi connectivity index (χ4v) is 3.79. The number of carbonyl (C=O) groups is 1. The Hall–Kier alpha value is -1.76. The van der Waals surface area contributed by atoms with E-state index in [1.807, 2.05) is 28.8 Å². The van der Waals surface area contributed by atoms with E-state index in [1.54, 1.807) is 11.8 Å². The fourth-order valence-electron chi connectivity index (χ4n) is 2.63. The highest BCUT2D eigenvalue weighted by Gasteiger charge is 2.32. The van der Waals surface area contributed by atoms with Gasteiger partial charge in [-0.25, -0.2) is 4.68 Å². The van der Waals surface area contributed by atoms with E-state index in [-0.39, 0.29) is 16.7 Å². The van der Waals surface area contributed by atoms with Crippen LogP contribution < -0.4 is 5.32 Å². The Morgan fingerprint density at radius 3 is 2.55 bits per heavy atom. The van der Waals surface area contributed by atoms with Crippen molar-refractivity contribution in [2.45, 2.75) is 38.5 Å². The molecule has 118 valence electrons. The van der Waals surface area contributed by atoms with Crippen molar-refractivity contribution in [2.75, 3.05) is 11.1 Å². The van der Waals surface area contributed by atoms with Crippen LogP contribution in [-0.4, -0.2) is 31.2 Å². The van der Waals surface area contributed by atoms with Crippen LogP contribution in [0.4, 0.5) is 5.82 Å². The molecule has 0 bridgehead atoms. The van der Waals surface area contributed by atoms with Gasteiger partial charge >= 0.3 is 0 Å². The number of thioether (sulfide) groups is 1. The summed E-state index contributed by atoms with van der Waals surface area (Å²) in [5, 5.41) is 11.9. The maximum Gasteiger partial charge on any atom is 0.235 e. The quantitative estimate of drug-likeness (QED) is 0.877. The van der Waals surface area contributed by atoms with E-state index in [9.17, 15) is 4.79 Å². The minimum atomic E-state index is -0.190. The first-order chi connectivity index (χ1) is 10.3. The first kappa shape index (κ1) is 15.1. The molecule has 0 radical (unpaired) electrons. The highest BCUT2D eigenvalue weighted by Crippen LogP contribution is 2.43. The Morgan fingerprint density at radius 1 is 1.27 bits per heavy atom. The minimum absolute atomic E-state index is 0.0151. The number of nitrogens with zero attached hydrogens (tertiary/aromatic N) is 4. The number of hydrogen-bond acceptors (Lipinski definition) is 4. The van der Waals surface area contributed by atoms with Crippen molar-refractivity contribution in [1.29, 1.82) is 0 Å². The summed E-state index contributed by atoms with van der Waals surface area (Å²) < 4.78 is 3.76. The molecule has 0 unspecified atom stereocenters. The molecule has 6 nitrogen and oxygen atoms in total. The molecular formula is C15H21N5OS. The van der Waals surface area contributed by atoms with Gasteiger partial charge in [0.15, 0.2) is 0 Å². The first-order valence-electron chi connectivity index (χ1n) is 7.27. The van der Waals surface area contributed by atoms with Crippen molar-refractivity contribution in [1.82, 2.24) is 19.6 Å². The molecule has 7 heteroatoms. The molecule has 0 spiro atoms. The molecule has 1 atom stereocenters. The number of carbonyl (C=O) groups excluding carboxylic acids is 1. The highest BCUT2D eigenvalue weighted by molar-refractivity contribution is 8.00. The molecule has 22 heavy (non-hydrogen) atoms. The average molecular weight is 319 g/mol. The normalized spacial score (nSPS) is 18.8. The molecule has 1 N–H and O–H groups in total. The van der Waals surface area contributed by atoms with Gasteiger partial charge in [-0.1, -0.05) is 0 Å². The summed E-state index contributed by atoms with van der Waals surface area (Å²) >= 11 is 1.62. The summed E-state index contributed by atoms with van der Waals surface area (Å²) in [6.45, 7) is 8.29. The molecule has 3 rings (SSSR count). The highest BCUT2D eigenvalue weighted by atomic mass is 32.2. The Labute approximate surface area is 134 Å². The van der Waals surface area contributed by atoms with Crippen molar-refractivity contribution >= 4 is 23.5 Å². The van der Waals surface area contributed by atoms with E-state index < -0.39 is 0 Å². The van der Waals surface area contributed by atoms with E-state index in [0.29, 0.717) is 5.75 Å². The van der Waals surface area contributed by atoms with Gasteiger partial charge in [0, 0.05) is 23.9 Å². The van der Waals surface area contributed by atoms with Crippen LogP contribution in [0.25, 0.3) is 0 Å². The van der Waals surface area contributed by atoms with E-state index in [0.717, 1.165) is 22.6 Å². The molecule has 0 aliphatic carbocycles. The number of fused-ring (bicyclic) bond motifs is 1. The third-order valence-corrected chi connectivity index (χ3v) is 5.18. The number of nitrogens with one attached hydrogen (secondary N) is 1. The zero-order chi connectivity index (χ0) is 16.1. The van der Waals surface area contributed by atoms with E-state index in [4.69, 9.17) is 0 Å². The van der Waals surface area contributed by atoms with Crippen molar-refractivity contribution in [2.24, 2.45) is 7.05 Å². The van der Waals surface area contributed by atoms with Gasteiger partial charge < -0.3 is 5.32 Å².